The summed E-state index contributed by atoms with van der Waals surface area (Å²) >= 11 is 0. The van der Waals surface area contributed by atoms with E-state index < -0.39 is 17.2 Å². The van der Waals surface area contributed by atoms with Crippen LogP contribution in [0, 0.1) is 11.7 Å². The van der Waals surface area contributed by atoms with Gasteiger partial charge in [0.2, 0.25) is 5.43 Å². The third-order valence-corrected chi connectivity index (χ3v) is 6.93. The zero-order valence-corrected chi connectivity index (χ0v) is 16.3. The molecule has 3 N–H and O–H groups in total. The maximum Gasteiger partial charge on any atom is 0.341 e. The minimum atomic E-state index is -1.32. The SMILES string of the molecule is C[C@H]1COc2c(N3CCC4CCC[C@@]4(N)C3)c(F)cc3c(=O)c(C(=O)O)cn1c23. The van der Waals surface area contributed by atoms with Gasteiger partial charge >= 0.3 is 5.97 Å². The number of aromatic nitrogens is 1. The van der Waals surface area contributed by atoms with Crippen LogP contribution in [0.3, 0.4) is 0 Å². The molecule has 8 heteroatoms. The van der Waals surface area contributed by atoms with Crippen LogP contribution in [-0.4, -0.2) is 40.9 Å². The minimum Gasteiger partial charge on any atom is -0.487 e. The van der Waals surface area contributed by atoms with E-state index in [1.165, 1.54) is 6.20 Å². The highest BCUT2D eigenvalue weighted by atomic mass is 19.1. The van der Waals surface area contributed by atoms with Crippen molar-refractivity contribution in [3.63, 3.8) is 0 Å². The van der Waals surface area contributed by atoms with Gasteiger partial charge in [-0.1, -0.05) is 6.42 Å². The first kappa shape index (κ1) is 18.4. The van der Waals surface area contributed by atoms with Crippen LogP contribution >= 0.6 is 0 Å². The van der Waals surface area contributed by atoms with Gasteiger partial charge in [-0.3, -0.25) is 4.79 Å². The molecule has 3 atom stereocenters. The fraction of sp³-hybridized carbons (Fsp3) is 0.524. The Hall–Kier alpha value is -2.61. The first-order valence-corrected chi connectivity index (χ1v) is 10.1. The summed E-state index contributed by atoms with van der Waals surface area (Å²) in [6.45, 7) is 3.37. The number of rotatable bonds is 2. The van der Waals surface area contributed by atoms with Crippen LogP contribution < -0.4 is 20.8 Å². The second-order valence-corrected chi connectivity index (χ2v) is 8.71. The Kier molecular flexibility index (Phi) is 3.93. The molecule has 1 saturated heterocycles. The van der Waals surface area contributed by atoms with Crippen molar-refractivity contribution in [2.24, 2.45) is 11.7 Å². The van der Waals surface area contributed by atoms with Crippen molar-refractivity contribution in [1.82, 2.24) is 4.57 Å². The summed E-state index contributed by atoms with van der Waals surface area (Å²) in [6, 6.07) is 0.980. The fourth-order valence-electron chi connectivity index (χ4n) is 5.40. The Labute approximate surface area is 166 Å². The third kappa shape index (κ3) is 2.58. The van der Waals surface area contributed by atoms with Crippen molar-refractivity contribution >= 4 is 22.6 Å². The van der Waals surface area contributed by atoms with Crippen molar-refractivity contribution in [1.29, 1.82) is 0 Å². The third-order valence-electron chi connectivity index (χ3n) is 6.93. The molecule has 1 saturated carbocycles. The van der Waals surface area contributed by atoms with Gasteiger partial charge in [-0.05, 0) is 38.2 Å². The van der Waals surface area contributed by atoms with Crippen LogP contribution in [0.25, 0.3) is 10.9 Å². The fourth-order valence-corrected chi connectivity index (χ4v) is 5.40. The number of benzene rings is 1. The number of fused-ring (bicyclic) bond motifs is 1. The van der Waals surface area contributed by atoms with Gasteiger partial charge in [0, 0.05) is 24.8 Å². The first-order chi connectivity index (χ1) is 13.8. The summed E-state index contributed by atoms with van der Waals surface area (Å²) in [7, 11) is 0. The minimum absolute atomic E-state index is 0.0333. The molecule has 1 aromatic carbocycles. The van der Waals surface area contributed by atoms with E-state index in [2.05, 4.69) is 0 Å². The Balaban J connectivity index is 1.73. The molecule has 2 fully saturated rings. The number of piperidine rings is 1. The molecule has 1 aliphatic carbocycles. The van der Waals surface area contributed by atoms with Crippen LogP contribution in [0.15, 0.2) is 17.1 Å². The lowest BCUT2D eigenvalue weighted by Crippen LogP contribution is -2.57. The van der Waals surface area contributed by atoms with Crippen molar-refractivity contribution in [3.05, 3.63) is 33.9 Å². The smallest absolute Gasteiger partial charge is 0.341 e. The maximum absolute atomic E-state index is 15.3. The average Bonchev–Trinajstić information content (AvgIpc) is 3.06. The Morgan fingerprint density at radius 1 is 1.41 bits per heavy atom. The van der Waals surface area contributed by atoms with E-state index in [-0.39, 0.29) is 29.1 Å². The van der Waals surface area contributed by atoms with Crippen molar-refractivity contribution in [2.45, 2.75) is 44.2 Å². The molecule has 29 heavy (non-hydrogen) atoms. The molecule has 1 aromatic heterocycles. The van der Waals surface area contributed by atoms with Gasteiger partial charge in [-0.25, -0.2) is 9.18 Å². The van der Waals surface area contributed by atoms with Crippen molar-refractivity contribution in [2.75, 3.05) is 24.6 Å². The summed E-state index contributed by atoms with van der Waals surface area (Å²) in [5.74, 6) is -1.13. The number of aromatic carboxylic acids is 1. The Morgan fingerprint density at radius 3 is 2.97 bits per heavy atom. The number of pyridine rings is 1. The summed E-state index contributed by atoms with van der Waals surface area (Å²) in [6.07, 6.45) is 5.37. The number of carbonyl (C=O) groups is 1. The topological polar surface area (TPSA) is 97.8 Å². The number of halogens is 1. The van der Waals surface area contributed by atoms with Gasteiger partial charge in [0.15, 0.2) is 11.6 Å². The summed E-state index contributed by atoms with van der Waals surface area (Å²) < 4.78 is 23.0. The number of hydrogen-bond donors (Lipinski definition) is 2. The molecular weight excluding hydrogens is 377 g/mol. The van der Waals surface area contributed by atoms with Crippen LogP contribution in [-0.2, 0) is 0 Å². The molecule has 3 heterocycles. The van der Waals surface area contributed by atoms with Gasteiger partial charge < -0.3 is 25.0 Å². The first-order valence-electron chi connectivity index (χ1n) is 10.1. The predicted molar refractivity (Wildman–Crippen MR) is 106 cm³/mol. The Bertz CT molecular complexity index is 1100. The number of hydrogen-bond acceptors (Lipinski definition) is 5. The van der Waals surface area contributed by atoms with Gasteiger partial charge in [0.1, 0.15) is 17.9 Å². The van der Waals surface area contributed by atoms with E-state index in [9.17, 15) is 14.7 Å². The number of carboxylic acid groups (broad SMARTS) is 1. The molecule has 2 aromatic rings. The summed E-state index contributed by atoms with van der Waals surface area (Å²) in [4.78, 5) is 26.2. The highest BCUT2D eigenvalue weighted by molar-refractivity contribution is 5.97. The van der Waals surface area contributed by atoms with Crippen molar-refractivity contribution < 1.29 is 19.0 Å². The maximum atomic E-state index is 15.3. The molecule has 5 rings (SSSR count). The molecule has 1 unspecified atom stereocenters. The second kappa shape index (κ2) is 6.19. The highest BCUT2D eigenvalue weighted by Crippen LogP contribution is 2.46. The normalized spacial score (nSPS) is 28.3. The molecule has 3 aliphatic rings. The van der Waals surface area contributed by atoms with Gasteiger partial charge in [0.25, 0.3) is 0 Å². The molecule has 2 aliphatic heterocycles. The highest BCUT2D eigenvalue weighted by Gasteiger charge is 2.45. The van der Waals surface area contributed by atoms with Crippen LogP contribution in [0.5, 0.6) is 5.75 Å². The van der Waals surface area contributed by atoms with Gasteiger partial charge in [-0.15, -0.1) is 0 Å². The average molecular weight is 401 g/mol. The largest absolute Gasteiger partial charge is 0.487 e. The van der Waals surface area contributed by atoms with E-state index in [0.717, 1.165) is 31.7 Å². The van der Waals surface area contributed by atoms with Crippen LogP contribution in [0.4, 0.5) is 10.1 Å². The molecule has 0 radical (unpaired) electrons. The quantitative estimate of drug-likeness (QED) is 0.803. The lowest BCUT2D eigenvalue weighted by atomic mass is 9.81. The van der Waals surface area contributed by atoms with E-state index in [4.69, 9.17) is 10.5 Å². The van der Waals surface area contributed by atoms with E-state index in [1.54, 1.807) is 4.57 Å². The number of carboxylic acids is 1. The van der Waals surface area contributed by atoms with Gasteiger partial charge in [-0.2, -0.15) is 0 Å². The number of ether oxygens (including phenoxy) is 1. The number of nitrogens with two attached hydrogens (primary N) is 1. The number of nitrogens with zero attached hydrogens (tertiary/aromatic N) is 2. The zero-order valence-electron chi connectivity index (χ0n) is 16.3. The zero-order chi connectivity index (χ0) is 20.5. The summed E-state index contributed by atoms with van der Waals surface area (Å²) in [5.41, 5.74) is 6.05. The lowest BCUT2D eigenvalue weighted by molar-refractivity contribution is 0.0694. The Morgan fingerprint density at radius 2 is 2.21 bits per heavy atom. The van der Waals surface area contributed by atoms with Crippen molar-refractivity contribution in [3.8, 4) is 5.75 Å². The molecule has 0 amide bonds. The second-order valence-electron chi connectivity index (χ2n) is 8.71. The lowest BCUT2D eigenvalue weighted by Gasteiger charge is -2.44. The van der Waals surface area contributed by atoms with E-state index in [1.807, 2.05) is 11.8 Å². The molecule has 154 valence electrons. The monoisotopic (exact) mass is 401 g/mol. The standard InChI is InChI=1S/C21H24FN3O4/c1-11-9-29-19-16-13(18(26)14(20(27)28)8-25(11)16)7-15(22)17(19)24-6-4-12-3-2-5-21(12,23)10-24/h7-8,11-12H,2-6,9-10,23H2,1H3,(H,27,28)/t11-,12?,21+/m0/s1. The molecule has 0 spiro atoms. The number of anilines is 1. The van der Waals surface area contributed by atoms with Crippen LogP contribution in [0.2, 0.25) is 0 Å². The van der Waals surface area contributed by atoms with Gasteiger partial charge in [0.05, 0.1) is 16.9 Å². The van der Waals surface area contributed by atoms with E-state index >= 15 is 4.39 Å². The predicted octanol–water partition coefficient (Wildman–Crippen LogP) is 2.50. The van der Waals surface area contributed by atoms with E-state index in [0.29, 0.717) is 36.0 Å². The van der Waals surface area contributed by atoms with Crippen LogP contribution in [0.1, 0.15) is 49.0 Å². The molecule has 7 nitrogen and oxygen atoms in total. The summed E-state index contributed by atoms with van der Waals surface area (Å²) in [5, 5.41) is 9.43. The molecular formula is C21H24FN3O4. The molecule has 0 bridgehead atoms.